The lowest BCUT2D eigenvalue weighted by atomic mass is 9.99. The first-order chi connectivity index (χ1) is 18.2. The summed E-state index contributed by atoms with van der Waals surface area (Å²) in [7, 11) is 0. The van der Waals surface area contributed by atoms with Crippen molar-refractivity contribution in [3.63, 3.8) is 0 Å². The Kier molecular flexibility index (Phi) is 9.81. The van der Waals surface area contributed by atoms with Crippen LogP contribution in [0.5, 0.6) is 0 Å². The van der Waals surface area contributed by atoms with Crippen LogP contribution >= 0.6 is 0 Å². The fraction of sp³-hybridized carbons (Fsp3) is 0.214. The Bertz CT molecular complexity index is 1280. The van der Waals surface area contributed by atoms with Crippen molar-refractivity contribution in [3.8, 4) is 0 Å². The second-order valence-corrected chi connectivity index (χ2v) is 8.49. The van der Waals surface area contributed by atoms with Crippen LogP contribution < -0.4 is 5.32 Å². The number of esters is 1. The van der Waals surface area contributed by atoms with Crippen LogP contribution in [-0.4, -0.2) is 45.8 Å². The highest BCUT2D eigenvalue weighted by molar-refractivity contribution is 5.98. The van der Waals surface area contributed by atoms with Crippen molar-refractivity contribution in [2.45, 2.75) is 37.8 Å². The quantitative estimate of drug-likeness (QED) is 0.198. The number of carbonyl (C=O) groups excluding carboxylic acids is 3. The number of carboxylic acid groups (broad SMARTS) is 1. The maximum Gasteiger partial charge on any atom is 0.345 e. The SMILES string of the molecule is O=C(CCC(=O)C(Cc1ccccc1)NC(=O)c1ccccc1)O[C@@H](Cc1ccc([N+](=O)[O-])cc1)C(=O)O. The molecule has 38 heavy (non-hydrogen) atoms. The summed E-state index contributed by atoms with van der Waals surface area (Å²) in [6, 6.07) is 21.8. The van der Waals surface area contributed by atoms with E-state index in [4.69, 9.17) is 4.74 Å². The van der Waals surface area contributed by atoms with E-state index in [-0.39, 0.29) is 31.4 Å². The second-order valence-electron chi connectivity index (χ2n) is 8.49. The monoisotopic (exact) mass is 518 g/mol. The number of Topliss-reactive ketones (excluding diaryl/α,β-unsaturated/α-hetero) is 1. The first kappa shape index (κ1) is 27.7. The number of amides is 1. The first-order valence-corrected chi connectivity index (χ1v) is 11.8. The summed E-state index contributed by atoms with van der Waals surface area (Å²) in [6.07, 6.45) is -2.16. The number of nitro groups is 1. The zero-order valence-corrected chi connectivity index (χ0v) is 20.3. The fourth-order valence-corrected chi connectivity index (χ4v) is 3.69. The highest BCUT2D eigenvalue weighted by Gasteiger charge is 2.26. The Morgan fingerprint density at radius 1 is 0.816 bits per heavy atom. The number of nitrogens with zero attached hydrogens (tertiary/aromatic N) is 1. The summed E-state index contributed by atoms with van der Waals surface area (Å²) in [4.78, 5) is 59.9. The van der Waals surface area contributed by atoms with E-state index < -0.39 is 40.7 Å². The van der Waals surface area contributed by atoms with Gasteiger partial charge in [0.15, 0.2) is 5.78 Å². The van der Waals surface area contributed by atoms with E-state index in [9.17, 15) is 34.4 Å². The van der Waals surface area contributed by atoms with E-state index in [0.29, 0.717) is 11.1 Å². The van der Waals surface area contributed by atoms with Crippen molar-refractivity contribution in [1.82, 2.24) is 5.32 Å². The summed E-state index contributed by atoms with van der Waals surface area (Å²) in [5.41, 5.74) is 1.48. The lowest BCUT2D eigenvalue weighted by Crippen LogP contribution is -2.42. The molecule has 0 aliphatic heterocycles. The summed E-state index contributed by atoms with van der Waals surface area (Å²) < 4.78 is 5.08. The zero-order chi connectivity index (χ0) is 27.5. The van der Waals surface area contributed by atoms with E-state index in [2.05, 4.69) is 5.32 Å². The van der Waals surface area contributed by atoms with E-state index in [1.807, 2.05) is 30.3 Å². The molecule has 1 unspecified atom stereocenters. The standard InChI is InChI=1S/C28H26N2O8/c31-24(23(17-19-7-3-1-4-8-19)29-27(33)21-9-5-2-6-10-21)15-16-26(32)38-25(28(34)35)18-20-11-13-22(14-12-20)30(36)37/h1-14,23,25H,15-18H2,(H,29,33)(H,34,35)/t23?,25-/m0/s1. The molecule has 0 radical (unpaired) electrons. The Morgan fingerprint density at radius 3 is 1.97 bits per heavy atom. The molecule has 2 atom stereocenters. The van der Waals surface area contributed by atoms with Crippen molar-refractivity contribution in [3.05, 3.63) is 112 Å². The molecular formula is C28H26N2O8. The van der Waals surface area contributed by atoms with Gasteiger partial charge in [0.1, 0.15) is 0 Å². The zero-order valence-electron chi connectivity index (χ0n) is 20.3. The second kappa shape index (κ2) is 13.4. The van der Waals surface area contributed by atoms with Crippen LogP contribution in [0.3, 0.4) is 0 Å². The van der Waals surface area contributed by atoms with Gasteiger partial charge >= 0.3 is 11.9 Å². The number of carbonyl (C=O) groups is 4. The molecule has 10 heteroatoms. The molecular weight excluding hydrogens is 492 g/mol. The highest BCUT2D eigenvalue weighted by atomic mass is 16.6. The van der Waals surface area contributed by atoms with Crippen molar-refractivity contribution in [2.75, 3.05) is 0 Å². The molecule has 3 rings (SSSR count). The number of hydrogen-bond donors (Lipinski definition) is 2. The summed E-state index contributed by atoms with van der Waals surface area (Å²) in [6.45, 7) is 0. The predicted octanol–water partition coefficient (Wildman–Crippen LogP) is 3.52. The molecule has 3 aromatic rings. The third-order valence-electron chi connectivity index (χ3n) is 5.71. The third-order valence-corrected chi connectivity index (χ3v) is 5.71. The number of nitro benzene ring substituents is 1. The van der Waals surface area contributed by atoms with E-state index in [0.717, 1.165) is 5.56 Å². The normalized spacial score (nSPS) is 12.1. The molecule has 0 fully saturated rings. The smallest absolute Gasteiger partial charge is 0.345 e. The van der Waals surface area contributed by atoms with Gasteiger partial charge in [-0.25, -0.2) is 4.79 Å². The van der Waals surface area contributed by atoms with Gasteiger partial charge in [0.2, 0.25) is 6.10 Å². The Labute approximate surface area is 218 Å². The number of non-ortho nitro benzene ring substituents is 1. The number of nitrogens with one attached hydrogen (secondary N) is 1. The minimum atomic E-state index is -1.53. The number of aliphatic carboxylic acids is 1. The van der Waals surface area contributed by atoms with Crippen LogP contribution in [0.4, 0.5) is 5.69 Å². The van der Waals surface area contributed by atoms with Crippen LogP contribution in [0.2, 0.25) is 0 Å². The van der Waals surface area contributed by atoms with Gasteiger partial charge < -0.3 is 15.2 Å². The lowest BCUT2D eigenvalue weighted by Gasteiger charge is -2.18. The van der Waals surface area contributed by atoms with Gasteiger partial charge in [-0.1, -0.05) is 60.7 Å². The minimum Gasteiger partial charge on any atom is -0.478 e. The largest absolute Gasteiger partial charge is 0.478 e. The molecule has 2 N–H and O–H groups in total. The average Bonchev–Trinajstić information content (AvgIpc) is 2.92. The Balaban J connectivity index is 1.61. The van der Waals surface area contributed by atoms with Gasteiger partial charge in [-0.2, -0.15) is 0 Å². The van der Waals surface area contributed by atoms with E-state index >= 15 is 0 Å². The number of rotatable bonds is 13. The van der Waals surface area contributed by atoms with E-state index in [1.54, 1.807) is 30.3 Å². The summed E-state index contributed by atoms with van der Waals surface area (Å²) in [5.74, 6) is -3.12. The average molecular weight is 519 g/mol. The fourth-order valence-electron chi connectivity index (χ4n) is 3.69. The predicted molar refractivity (Wildman–Crippen MR) is 136 cm³/mol. The molecule has 0 aliphatic rings. The number of carboxylic acids is 1. The van der Waals surface area contributed by atoms with Crippen LogP contribution in [0.1, 0.15) is 34.3 Å². The minimum absolute atomic E-state index is 0.152. The third kappa shape index (κ3) is 8.37. The summed E-state index contributed by atoms with van der Waals surface area (Å²) >= 11 is 0. The van der Waals surface area contributed by atoms with Gasteiger partial charge in [-0.3, -0.25) is 24.5 Å². The molecule has 1 amide bonds. The maximum atomic E-state index is 13.0. The number of ether oxygens (including phenoxy) is 1. The molecule has 0 spiro atoms. The van der Waals surface area contributed by atoms with Gasteiger partial charge in [-0.15, -0.1) is 0 Å². The number of hydrogen-bond acceptors (Lipinski definition) is 7. The van der Waals surface area contributed by atoms with Crippen molar-refractivity contribution in [1.29, 1.82) is 0 Å². The molecule has 0 heterocycles. The van der Waals surface area contributed by atoms with Gasteiger partial charge in [-0.05, 0) is 29.7 Å². The summed E-state index contributed by atoms with van der Waals surface area (Å²) in [5, 5.41) is 23.0. The lowest BCUT2D eigenvalue weighted by molar-refractivity contribution is -0.384. The molecule has 3 aromatic carbocycles. The molecule has 10 nitrogen and oxygen atoms in total. The van der Waals surface area contributed by atoms with Crippen LogP contribution in [0.15, 0.2) is 84.9 Å². The maximum absolute atomic E-state index is 13.0. The van der Waals surface area contributed by atoms with Gasteiger partial charge in [0, 0.05) is 30.5 Å². The van der Waals surface area contributed by atoms with Crippen molar-refractivity contribution in [2.24, 2.45) is 0 Å². The van der Waals surface area contributed by atoms with Crippen LogP contribution in [0, 0.1) is 10.1 Å². The molecule has 0 bridgehead atoms. The Hall–Kier alpha value is -4.86. The topological polar surface area (TPSA) is 153 Å². The first-order valence-electron chi connectivity index (χ1n) is 11.8. The molecule has 196 valence electrons. The van der Waals surface area contributed by atoms with E-state index in [1.165, 1.54) is 24.3 Å². The highest BCUT2D eigenvalue weighted by Crippen LogP contribution is 2.15. The van der Waals surface area contributed by atoms with Gasteiger partial charge in [0.25, 0.3) is 11.6 Å². The van der Waals surface area contributed by atoms with Gasteiger partial charge in [0.05, 0.1) is 17.4 Å². The van der Waals surface area contributed by atoms with Crippen LogP contribution in [-0.2, 0) is 32.0 Å². The van der Waals surface area contributed by atoms with Crippen molar-refractivity contribution >= 4 is 29.3 Å². The molecule has 0 aliphatic carbocycles. The number of ketones is 1. The molecule has 0 saturated carbocycles. The molecule has 0 saturated heterocycles. The van der Waals surface area contributed by atoms with Crippen LogP contribution in [0.25, 0.3) is 0 Å². The Morgan fingerprint density at radius 2 is 1.39 bits per heavy atom. The molecule has 0 aromatic heterocycles. The number of benzene rings is 3. The van der Waals surface area contributed by atoms with Crippen molar-refractivity contribution < 1.29 is 33.9 Å².